The van der Waals surface area contributed by atoms with E-state index in [4.69, 9.17) is 0 Å². The molecule has 0 unspecified atom stereocenters. The summed E-state index contributed by atoms with van der Waals surface area (Å²) in [6, 6.07) is -0.398. The Labute approximate surface area is 150 Å². The Morgan fingerprint density at radius 3 is 2.40 bits per heavy atom. The van der Waals surface area contributed by atoms with Gasteiger partial charge in [-0.15, -0.1) is 0 Å². The quantitative estimate of drug-likeness (QED) is 0.694. The highest BCUT2D eigenvalue weighted by Crippen LogP contribution is 2.29. The fourth-order valence-corrected chi connectivity index (χ4v) is 6.62. The van der Waals surface area contributed by atoms with Crippen LogP contribution < -0.4 is 0 Å². The van der Waals surface area contributed by atoms with Gasteiger partial charge in [-0.2, -0.15) is 0 Å². The van der Waals surface area contributed by atoms with Crippen LogP contribution in [0.5, 0.6) is 0 Å². The first-order chi connectivity index (χ1) is 11.9. The van der Waals surface area contributed by atoms with E-state index in [-0.39, 0.29) is 36.1 Å². The summed E-state index contributed by atoms with van der Waals surface area (Å²) in [7, 11) is -3.11. The van der Waals surface area contributed by atoms with Gasteiger partial charge in [0.15, 0.2) is 9.84 Å². The second-order valence-electron chi connectivity index (χ2n) is 7.64. The number of sulfone groups is 1. The number of likely N-dealkylation sites (tertiary alicyclic amines) is 1. The molecule has 144 valence electrons. The Balaban J connectivity index is 1.63. The van der Waals surface area contributed by atoms with Crippen molar-refractivity contribution in [2.24, 2.45) is 5.92 Å². The van der Waals surface area contributed by atoms with Gasteiger partial charge in [-0.1, -0.05) is 6.92 Å². The standard InChI is InChI=1S/C17H31N3O4S/c1-2-18-5-3-14(4-6-18)11-17(22)20-8-7-19(9-10-21)15-12-25(23,24)13-16(15)20/h14-16,21H,2-13H2,1H3/t15-,16+/m1/s1. The first-order valence-electron chi connectivity index (χ1n) is 9.50. The number of rotatable bonds is 5. The molecule has 3 aliphatic rings. The van der Waals surface area contributed by atoms with Crippen molar-refractivity contribution in [1.29, 1.82) is 0 Å². The van der Waals surface area contributed by atoms with Gasteiger partial charge in [0.25, 0.3) is 0 Å². The number of nitrogens with zero attached hydrogens (tertiary/aromatic N) is 3. The zero-order valence-corrected chi connectivity index (χ0v) is 16.0. The Morgan fingerprint density at radius 2 is 1.76 bits per heavy atom. The number of aliphatic hydroxyl groups excluding tert-OH is 1. The third kappa shape index (κ3) is 4.35. The lowest BCUT2D eigenvalue weighted by Crippen LogP contribution is -2.61. The first-order valence-corrected chi connectivity index (χ1v) is 11.3. The van der Waals surface area contributed by atoms with Crippen LogP contribution in [0.1, 0.15) is 26.2 Å². The van der Waals surface area contributed by atoms with Crippen molar-refractivity contribution in [1.82, 2.24) is 14.7 Å². The summed E-state index contributed by atoms with van der Waals surface area (Å²) in [5.74, 6) is 0.712. The average molecular weight is 374 g/mol. The second-order valence-corrected chi connectivity index (χ2v) is 9.79. The molecular weight excluding hydrogens is 342 g/mol. The van der Waals surface area contributed by atoms with Crippen LogP contribution in [-0.2, 0) is 14.6 Å². The molecule has 8 heteroatoms. The molecule has 25 heavy (non-hydrogen) atoms. The fraction of sp³-hybridized carbons (Fsp3) is 0.941. The summed E-state index contributed by atoms with van der Waals surface area (Å²) in [6.07, 6.45) is 2.65. The summed E-state index contributed by atoms with van der Waals surface area (Å²) >= 11 is 0. The number of piperidine rings is 1. The third-order valence-electron chi connectivity index (χ3n) is 6.12. The number of amides is 1. The van der Waals surface area contributed by atoms with E-state index in [0.29, 0.717) is 32.0 Å². The highest BCUT2D eigenvalue weighted by atomic mass is 32.2. The Kier molecular flexibility index (Phi) is 6.03. The molecule has 1 N–H and O–H groups in total. The minimum Gasteiger partial charge on any atom is -0.395 e. The molecule has 1 amide bonds. The molecule has 0 spiro atoms. The van der Waals surface area contributed by atoms with Gasteiger partial charge in [0.1, 0.15) is 0 Å². The molecule has 0 bridgehead atoms. The maximum absolute atomic E-state index is 12.9. The van der Waals surface area contributed by atoms with Gasteiger partial charge >= 0.3 is 0 Å². The van der Waals surface area contributed by atoms with Crippen molar-refractivity contribution in [3.63, 3.8) is 0 Å². The van der Waals surface area contributed by atoms with Gasteiger partial charge in [0, 0.05) is 32.1 Å². The van der Waals surface area contributed by atoms with Crippen LogP contribution in [0.2, 0.25) is 0 Å². The van der Waals surface area contributed by atoms with Crippen molar-refractivity contribution in [3.8, 4) is 0 Å². The summed E-state index contributed by atoms with van der Waals surface area (Å²) < 4.78 is 24.3. The van der Waals surface area contributed by atoms with Crippen molar-refractivity contribution in [2.75, 3.05) is 57.4 Å². The third-order valence-corrected chi connectivity index (χ3v) is 7.82. The van der Waals surface area contributed by atoms with E-state index in [1.165, 1.54) is 0 Å². The van der Waals surface area contributed by atoms with Crippen LogP contribution in [-0.4, -0.2) is 104 Å². The van der Waals surface area contributed by atoms with E-state index in [0.717, 1.165) is 32.5 Å². The van der Waals surface area contributed by atoms with Crippen molar-refractivity contribution < 1.29 is 18.3 Å². The summed E-state index contributed by atoms with van der Waals surface area (Å²) in [4.78, 5) is 19.2. The van der Waals surface area contributed by atoms with Crippen molar-refractivity contribution in [2.45, 2.75) is 38.3 Å². The molecule has 0 aromatic rings. The van der Waals surface area contributed by atoms with Gasteiger partial charge in [0.05, 0.1) is 24.2 Å². The Morgan fingerprint density at radius 1 is 1.08 bits per heavy atom. The SMILES string of the molecule is CCN1CCC(CC(=O)N2CCN(CCO)[C@@H]3CS(=O)(=O)C[C@@H]32)CC1. The maximum Gasteiger partial charge on any atom is 0.223 e. The Hall–Kier alpha value is -0.700. The van der Waals surface area contributed by atoms with Crippen LogP contribution in [0.4, 0.5) is 0 Å². The number of fused-ring (bicyclic) bond motifs is 1. The Bertz CT molecular complexity index is 574. The summed E-state index contributed by atoms with van der Waals surface area (Å²) in [6.45, 7) is 7.06. The number of β-amino-alcohol motifs (C(OH)–C–C–N with tert-alkyl or cyclic N) is 1. The van der Waals surface area contributed by atoms with Crippen LogP contribution in [0.25, 0.3) is 0 Å². The van der Waals surface area contributed by atoms with Crippen LogP contribution >= 0.6 is 0 Å². The zero-order chi connectivity index (χ0) is 18.0. The molecule has 7 nitrogen and oxygen atoms in total. The lowest BCUT2D eigenvalue weighted by molar-refractivity contribution is -0.138. The van der Waals surface area contributed by atoms with Crippen LogP contribution in [0.3, 0.4) is 0 Å². The van der Waals surface area contributed by atoms with E-state index in [1.54, 1.807) is 0 Å². The van der Waals surface area contributed by atoms with Crippen LogP contribution in [0.15, 0.2) is 0 Å². The smallest absolute Gasteiger partial charge is 0.223 e. The lowest BCUT2D eigenvalue weighted by atomic mass is 9.92. The van der Waals surface area contributed by atoms with Crippen LogP contribution in [0, 0.1) is 5.92 Å². The molecule has 0 aliphatic carbocycles. The highest BCUT2D eigenvalue weighted by Gasteiger charge is 2.47. The van der Waals surface area contributed by atoms with E-state index in [9.17, 15) is 18.3 Å². The number of hydrogen-bond donors (Lipinski definition) is 1. The summed E-state index contributed by atoms with van der Waals surface area (Å²) in [5, 5.41) is 9.23. The lowest BCUT2D eigenvalue weighted by Gasteiger charge is -2.44. The molecule has 0 aromatic carbocycles. The molecule has 3 heterocycles. The zero-order valence-electron chi connectivity index (χ0n) is 15.1. The molecule has 0 radical (unpaired) electrons. The number of piperazine rings is 1. The number of carbonyl (C=O) groups is 1. The van der Waals surface area contributed by atoms with Gasteiger partial charge in [-0.05, 0) is 38.4 Å². The molecule has 3 aliphatic heterocycles. The molecule has 2 atom stereocenters. The van der Waals surface area contributed by atoms with E-state index < -0.39 is 9.84 Å². The molecule has 3 saturated heterocycles. The number of hydrogen-bond acceptors (Lipinski definition) is 6. The van der Waals surface area contributed by atoms with Gasteiger partial charge in [-0.3, -0.25) is 9.69 Å². The molecule has 3 fully saturated rings. The number of aliphatic hydroxyl groups is 1. The van der Waals surface area contributed by atoms with Gasteiger partial charge < -0.3 is 14.9 Å². The predicted octanol–water partition coefficient (Wildman–Crippen LogP) is -0.589. The predicted molar refractivity (Wildman–Crippen MR) is 96.1 cm³/mol. The first kappa shape index (κ1) is 19.1. The fourth-order valence-electron chi connectivity index (χ4n) is 4.61. The highest BCUT2D eigenvalue weighted by molar-refractivity contribution is 7.91. The largest absolute Gasteiger partial charge is 0.395 e. The minimum atomic E-state index is -3.11. The summed E-state index contributed by atoms with van der Waals surface area (Å²) in [5.41, 5.74) is 0. The molecule has 0 saturated carbocycles. The maximum atomic E-state index is 12.9. The topological polar surface area (TPSA) is 81.2 Å². The van der Waals surface area contributed by atoms with E-state index in [2.05, 4.69) is 11.8 Å². The number of carbonyl (C=O) groups excluding carboxylic acids is 1. The monoisotopic (exact) mass is 373 g/mol. The van der Waals surface area contributed by atoms with Gasteiger partial charge in [-0.25, -0.2) is 8.42 Å². The van der Waals surface area contributed by atoms with Gasteiger partial charge in [0.2, 0.25) is 5.91 Å². The molecule has 3 rings (SSSR count). The molecular formula is C17H31N3O4S. The minimum absolute atomic E-state index is 0.0210. The average Bonchev–Trinajstić information content (AvgIpc) is 2.91. The second kappa shape index (κ2) is 7.90. The normalized spacial score (nSPS) is 31.2. The van der Waals surface area contributed by atoms with E-state index >= 15 is 0 Å². The van der Waals surface area contributed by atoms with E-state index in [1.807, 2.05) is 9.80 Å². The molecule has 0 aromatic heterocycles. The van der Waals surface area contributed by atoms with Crippen molar-refractivity contribution >= 4 is 15.7 Å². The van der Waals surface area contributed by atoms with Crippen molar-refractivity contribution in [3.05, 3.63) is 0 Å².